The molecule has 158 valence electrons. The van der Waals surface area contributed by atoms with Crippen LogP contribution in [0.15, 0.2) is 36.4 Å². The van der Waals surface area contributed by atoms with Crippen LogP contribution in [-0.4, -0.2) is 46.9 Å². The summed E-state index contributed by atoms with van der Waals surface area (Å²) in [6, 6.07) is 9.88. The first kappa shape index (κ1) is 21.9. The Morgan fingerprint density at radius 1 is 1.10 bits per heavy atom. The van der Waals surface area contributed by atoms with E-state index >= 15 is 0 Å². The molecule has 3 rings (SSSR count). The molecule has 1 heterocycles. The maximum absolute atomic E-state index is 13.3. The molecule has 0 saturated carbocycles. The summed E-state index contributed by atoms with van der Waals surface area (Å²) >= 11 is 1.51. The fraction of sp³-hybridized carbons (Fsp3) is 0.364. The predicted octanol–water partition coefficient (Wildman–Crippen LogP) is 4.81. The summed E-state index contributed by atoms with van der Waals surface area (Å²) in [5.41, 5.74) is 3.53. The molecular formula is C22H26N4O3S. The van der Waals surface area contributed by atoms with E-state index in [2.05, 4.69) is 31.7 Å². The van der Waals surface area contributed by atoms with Crippen molar-refractivity contribution < 1.29 is 9.72 Å². The normalized spacial score (nSPS) is 11.2. The number of nitro groups is 1. The summed E-state index contributed by atoms with van der Waals surface area (Å²) in [5.74, 6) is -0.203. The van der Waals surface area contributed by atoms with E-state index in [1.165, 1.54) is 35.6 Å². The van der Waals surface area contributed by atoms with Crippen LogP contribution >= 0.6 is 11.3 Å². The molecule has 0 unspecified atom stereocenters. The number of aromatic nitrogens is 1. The predicted molar refractivity (Wildman–Crippen MR) is 122 cm³/mol. The summed E-state index contributed by atoms with van der Waals surface area (Å²) in [6.07, 6.45) is 0. The zero-order chi connectivity index (χ0) is 21.8. The number of hydrogen-bond donors (Lipinski definition) is 0. The number of hydrogen-bond acceptors (Lipinski definition) is 6. The lowest BCUT2D eigenvalue weighted by molar-refractivity contribution is -0.384. The highest BCUT2D eigenvalue weighted by atomic mass is 32.1. The first-order chi connectivity index (χ1) is 14.3. The lowest BCUT2D eigenvalue weighted by Gasteiger charge is -2.24. The molecule has 30 heavy (non-hydrogen) atoms. The molecule has 0 saturated heterocycles. The molecule has 7 nitrogen and oxygen atoms in total. The van der Waals surface area contributed by atoms with Crippen molar-refractivity contribution in [1.82, 2.24) is 9.88 Å². The quantitative estimate of drug-likeness (QED) is 0.381. The Balaban J connectivity index is 1.98. The third-order valence-electron chi connectivity index (χ3n) is 5.14. The van der Waals surface area contributed by atoms with Gasteiger partial charge in [-0.3, -0.25) is 19.8 Å². The molecule has 0 aliphatic carbocycles. The van der Waals surface area contributed by atoms with Crippen molar-refractivity contribution in [1.29, 1.82) is 0 Å². The van der Waals surface area contributed by atoms with E-state index in [1.54, 1.807) is 4.90 Å². The number of anilines is 1. The molecule has 0 aliphatic heterocycles. The van der Waals surface area contributed by atoms with Gasteiger partial charge in [-0.25, -0.2) is 4.98 Å². The van der Waals surface area contributed by atoms with Gasteiger partial charge in [0.2, 0.25) is 0 Å². The maximum Gasteiger partial charge on any atom is 0.269 e. The van der Waals surface area contributed by atoms with Crippen LogP contribution < -0.4 is 4.90 Å². The number of thiazole rings is 1. The van der Waals surface area contributed by atoms with Crippen molar-refractivity contribution in [3.8, 4) is 0 Å². The second-order valence-electron chi connectivity index (χ2n) is 7.21. The highest BCUT2D eigenvalue weighted by molar-refractivity contribution is 7.22. The van der Waals surface area contributed by atoms with Gasteiger partial charge in [0.25, 0.3) is 11.6 Å². The summed E-state index contributed by atoms with van der Waals surface area (Å²) in [4.78, 5) is 32.5. The van der Waals surface area contributed by atoms with Crippen molar-refractivity contribution in [3.63, 3.8) is 0 Å². The summed E-state index contributed by atoms with van der Waals surface area (Å²) in [6.45, 7) is 11.3. The highest BCUT2D eigenvalue weighted by Crippen LogP contribution is 2.33. The van der Waals surface area contributed by atoms with Gasteiger partial charge in [-0.05, 0) is 56.3 Å². The monoisotopic (exact) mass is 426 g/mol. The highest BCUT2D eigenvalue weighted by Gasteiger charge is 2.23. The number of fused-ring (bicyclic) bond motifs is 1. The van der Waals surface area contributed by atoms with Gasteiger partial charge in [-0.2, -0.15) is 0 Å². The van der Waals surface area contributed by atoms with Crippen molar-refractivity contribution >= 4 is 38.3 Å². The largest absolute Gasteiger partial charge is 0.302 e. The zero-order valence-electron chi connectivity index (χ0n) is 17.7. The molecule has 2 aromatic carbocycles. The van der Waals surface area contributed by atoms with Crippen LogP contribution in [0.2, 0.25) is 0 Å². The number of non-ortho nitro benzene ring substituents is 1. The van der Waals surface area contributed by atoms with Crippen LogP contribution in [0.25, 0.3) is 10.2 Å². The minimum Gasteiger partial charge on any atom is -0.302 e. The van der Waals surface area contributed by atoms with Gasteiger partial charge in [0, 0.05) is 30.8 Å². The molecule has 3 aromatic rings. The first-order valence-corrected chi connectivity index (χ1v) is 10.8. The number of amides is 1. The second kappa shape index (κ2) is 9.32. The third kappa shape index (κ3) is 4.66. The Bertz CT molecular complexity index is 1060. The number of carbonyl (C=O) groups excluding carboxylic acids is 1. The van der Waals surface area contributed by atoms with Gasteiger partial charge >= 0.3 is 0 Å². The summed E-state index contributed by atoms with van der Waals surface area (Å²) in [7, 11) is 0. The molecule has 0 radical (unpaired) electrons. The first-order valence-electron chi connectivity index (χ1n) is 10.0. The van der Waals surface area contributed by atoms with Crippen LogP contribution in [0, 0.1) is 24.0 Å². The number of benzene rings is 2. The minimum atomic E-state index is -0.467. The van der Waals surface area contributed by atoms with Gasteiger partial charge in [0.1, 0.15) is 0 Å². The summed E-state index contributed by atoms with van der Waals surface area (Å²) < 4.78 is 1.07. The number of nitrogens with zero attached hydrogens (tertiary/aromatic N) is 4. The molecule has 1 amide bonds. The van der Waals surface area contributed by atoms with E-state index in [-0.39, 0.29) is 11.6 Å². The molecule has 0 N–H and O–H groups in total. The molecular weight excluding hydrogens is 400 g/mol. The average molecular weight is 427 g/mol. The average Bonchev–Trinajstić information content (AvgIpc) is 3.15. The number of carbonyl (C=O) groups is 1. The van der Waals surface area contributed by atoms with Crippen molar-refractivity contribution in [2.24, 2.45) is 0 Å². The lowest BCUT2D eigenvalue weighted by atomic mass is 10.1. The lowest BCUT2D eigenvalue weighted by Crippen LogP contribution is -2.38. The van der Waals surface area contributed by atoms with Gasteiger partial charge in [0.05, 0.1) is 15.1 Å². The van der Waals surface area contributed by atoms with Crippen LogP contribution in [0.4, 0.5) is 10.8 Å². The van der Waals surface area contributed by atoms with Crippen LogP contribution in [0.1, 0.15) is 35.3 Å². The van der Waals surface area contributed by atoms with E-state index in [9.17, 15) is 14.9 Å². The van der Waals surface area contributed by atoms with Gasteiger partial charge in [-0.15, -0.1) is 0 Å². The van der Waals surface area contributed by atoms with Gasteiger partial charge in [0.15, 0.2) is 5.13 Å². The van der Waals surface area contributed by atoms with Crippen LogP contribution in [0.3, 0.4) is 0 Å². The molecule has 1 aromatic heterocycles. The fourth-order valence-electron chi connectivity index (χ4n) is 3.43. The molecule has 0 aliphatic rings. The standard InChI is InChI=1S/C22H26N4O3S/c1-5-24(6-2)11-12-25(21(27)17-7-9-18(10-8-17)26(28)29)22-23-19-14-15(3)13-16(4)20(19)30-22/h7-10,13-14H,5-6,11-12H2,1-4H3. The number of likely N-dealkylation sites (N-methyl/N-ethyl adjacent to an activating group) is 1. The van der Waals surface area contributed by atoms with Crippen LogP contribution in [0.5, 0.6) is 0 Å². The van der Waals surface area contributed by atoms with Crippen molar-refractivity contribution in [2.75, 3.05) is 31.1 Å². The zero-order valence-corrected chi connectivity index (χ0v) is 18.5. The topological polar surface area (TPSA) is 79.6 Å². The number of aryl methyl sites for hydroxylation is 2. The number of rotatable bonds is 8. The fourth-order valence-corrected chi connectivity index (χ4v) is 4.47. The van der Waals surface area contributed by atoms with Crippen molar-refractivity contribution in [3.05, 3.63) is 63.2 Å². The Morgan fingerprint density at radius 3 is 2.37 bits per heavy atom. The van der Waals surface area contributed by atoms with Crippen LogP contribution in [-0.2, 0) is 0 Å². The molecule has 0 atom stereocenters. The van der Waals surface area contributed by atoms with Crippen molar-refractivity contribution in [2.45, 2.75) is 27.7 Å². The summed E-state index contributed by atoms with van der Waals surface area (Å²) in [5, 5.41) is 11.6. The minimum absolute atomic E-state index is 0.0349. The van der Waals surface area contributed by atoms with E-state index in [4.69, 9.17) is 4.98 Å². The van der Waals surface area contributed by atoms with Gasteiger partial charge < -0.3 is 4.90 Å². The van der Waals surface area contributed by atoms with E-state index < -0.39 is 4.92 Å². The van der Waals surface area contributed by atoms with Gasteiger partial charge in [-0.1, -0.05) is 31.3 Å². The van der Waals surface area contributed by atoms with E-state index in [0.29, 0.717) is 17.2 Å². The number of nitro benzene ring substituents is 1. The Labute approximate surface area is 180 Å². The smallest absolute Gasteiger partial charge is 0.269 e. The molecule has 0 fully saturated rings. The molecule has 0 bridgehead atoms. The Kier molecular flexibility index (Phi) is 6.79. The third-order valence-corrected chi connectivity index (χ3v) is 6.37. The molecule has 0 spiro atoms. The Morgan fingerprint density at radius 2 is 1.77 bits per heavy atom. The maximum atomic E-state index is 13.3. The SMILES string of the molecule is CCN(CC)CCN(C(=O)c1ccc([N+](=O)[O-])cc1)c1nc2cc(C)cc(C)c2s1. The second-order valence-corrected chi connectivity index (χ2v) is 8.19. The van der Waals surface area contributed by atoms with E-state index in [1.807, 2.05) is 13.0 Å². The Hall–Kier alpha value is -2.84. The van der Waals surface area contributed by atoms with E-state index in [0.717, 1.165) is 41.0 Å². The molecule has 8 heteroatoms.